The number of aromatic nitrogens is 2. The van der Waals surface area contributed by atoms with Crippen molar-refractivity contribution in [3.05, 3.63) is 11.9 Å². The summed E-state index contributed by atoms with van der Waals surface area (Å²) in [6, 6.07) is 0.145. The van der Waals surface area contributed by atoms with Crippen molar-refractivity contribution in [1.29, 1.82) is 0 Å². The van der Waals surface area contributed by atoms with Crippen LogP contribution in [0.25, 0.3) is 0 Å². The molecular formula is C12H22N4O. The summed E-state index contributed by atoms with van der Waals surface area (Å²) in [7, 11) is 1.76. The van der Waals surface area contributed by atoms with E-state index in [9.17, 15) is 4.79 Å². The smallest absolute Gasteiger partial charge is 0.276 e. The average molecular weight is 238 g/mol. The first-order chi connectivity index (χ1) is 7.82. The lowest BCUT2D eigenvalue weighted by molar-refractivity contribution is 0.0676. The molecule has 0 aromatic carbocycles. The van der Waals surface area contributed by atoms with Crippen LogP contribution in [0, 0.1) is 5.92 Å². The van der Waals surface area contributed by atoms with Crippen molar-refractivity contribution in [2.24, 2.45) is 13.0 Å². The minimum atomic E-state index is -0.0909. The van der Waals surface area contributed by atoms with E-state index in [0.29, 0.717) is 23.8 Å². The molecule has 17 heavy (non-hydrogen) atoms. The second-order valence-electron chi connectivity index (χ2n) is 5.05. The minimum Gasteiger partial charge on any atom is -0.396 e. The number of carbonyl (C=O) groups is 1. The highest BCUT2D eigenvalue weighted by molar-refractivity contribution is 5.97. The van der Waals surface area contributed by atoms with E-state index in [4.69, 9.17) is 5.73 Å². The van der Waals surface area contributed by atoms with E-state index >= 15 is 0 Å². The molecule has 1 heterocycles. The molecular weight excluding hydrogens is 216 g/mol. The SMILES string of the molecule is CC(C)CN(C(=O)c1nn(C)cc1N)C(C)C. The number of nitrogens with two attached hydrogens (primary N) is 1. The van der Waals surface area contributed by atoms with Crippen LogP contribution >= 0.6 is 0 Å². The molecule has 5 heteroatoms. The second kappa shape index (κ2) is 5.21. The monoisotopic (exact) mass is 238 g/mol. The Bertz CT molecular complexity index is 395. The van der Waals surface area contributed by atoms with Crippen LogP contribution in [0.2, 0.25) is 0 Å². The fourth-order valence-electron chi connectivity index (χ4n) is 1.73. The predicted octanol–water partition coefficient (Wildman–Crippen LogP) is 1.51. The van der Waals surface area contributed by atoms with Crippen molar-refractivity contribution in [2.75, 3.05) is 12.3 Å². The molecule has 0 atom stereocenters. The zero-order valence-electron chi connectivity index (χ0n) is 11.3. The fourth-order valence-corrected chi connectivity index (χ4v) is 1.73. The van der Waals surface area contributed by atoms with E-state index in [-0.39, 0.29) is 11.9 Å². The Labute approximate surface area is 103 Å². The third-order valence-corrected chi connectivity index (χ3v) is 2.51. The van der Waals surface area contributed by atoms with Gasteiger partial charge >= 0.3 is 0 Å². The molecule has 0 saturated carbocycles. The van der Waals surface area contributed by atoms with E-state index in [1.54, 1.807) is 17.9 Å². The maximum absolute atomic E-state index is 12.3. The molecule has 1 aromatic heterocycles. The molecule has 5 nitrogen and oxygen atoms in total. The summed E-state index contributed by atoms with van der Waals surface area (Å²) in [4.78, 5) is 14.1. The minimum absolute atomic E-state index is 0.0909. The lowest BCUT2D eigenvalue weighted by Crippen LogP contribution is -2.40. The zero-order valence-corrected chi connectivity index (χ0v) is 11.3. The summed E-state index contributed by atoms with van der Waals surface area (Å²) in [6.07, 6.45) is 1.65. The van der Waals surface area contributed by atoms with Gasteiger partial charge in [0.1, 0.15) is 0 Å². The number of aryl methyl sites for hydroxylation is 1. The first-order valence-electron chi connectivity index (χ1n) is 5.93. The van der Waals surface area contributed by atoms with Gasteiger partial charge < -0.3 is 10.6 Å². The quantitative estimate of drug-likeness (QED) is 0.864. The molecule has 0 radical (unpaired) electrons. The fraction of sp³-hybridized carbons (Fsp3) is 0.667. The average Bonchev–Trinajstić information content (AvgIpc) is 2.52. The van der Waals surface area contributed by atoms with E-state index < -0.39 is 0 Å². The van der Waals surface area contributed by atoms with Gasteiger partial charge in [-0.15, -0.1) is 0 Å². The number of hydrogen-bond donors (Lipinski definition) is 1. The first-order valence-corrected chi connectivity index (χ1v) is 5.93. The maximum Gasteiger partial charge on any atom is 0.276 e. The summed E-state index contributed by atoms with van der Waals surface area (Å²) < 4.78 is 1.57. The Hall–Kier alpha value is -1.52. The molecule has 0 bridgehead atoms. The van der Waals surface area contributed by atoms with Gasteiger partial charge in [0.2, 0.25) is 0 Å². The Morgan fingerprint density at radius 1 is 1.47 bits per heavy atom. The van der Waals surface area contributed by atoms with Gasteiger partial charge in [0, 0.05) is 25.8 Å². The number of hydrogen-bond acceptors (Lipinski definition) is 3. The van der Waals surface area contributed by atoms with Crippen molar-refractivity contribution < 1.29 is 4.79 Å². The topological polar surface area (TPSA) is 64.2 Å². The molecule has 1 amide bonds. The number of amides is 1. The number of nitrogen functional groups attached to an aromatic ring is 1. The van der Waals surface area contributed by atoms with Gasteiger partial charge in [-0.05, 0) is 19.8 Å². The van der Waals surface area contributed by atoms with E-state index in [0.717, 1.165) is 0 Å². The maximum atomic E-state index is 12.3. The molecule has 0 aliphatic heterocycles. The number of carbonyl (C=O) groups excluding carboxylic acids is 1. The Morgan fingerprint density at radius 2 is 2.06 bits per heavy atom. The molecule has 1 rings (SSSR count). The van der Waals surface area contributed by atoms with Crippen LogP contribution in [0.4, 0.5) is 5.69 Å². The van der Waals surface area contributed by atoms with Crippen molar-refractivity contribution >= 4 is 11.6 Å². The Balaban J connectivity index is 2.95. The highest BCUT2D eigenvalue weighted by Crippen LogP contribution is 2.14. The molecule has 0 saturated heterocycles. The normalized spacial score (nSPS) is 11.2. The van der Waals surface area contributed by atoms with E-state index in [1.807, 2.05) is 18.7 Å². The third-order valence-electron chi connectivity index (χ3n) is 2.51. The number of rotatable bonds is 4. The van der Waals surface area contributed by atoms with Gasteiger partial charge in [0.25, 0.3) is 5.91 Å². The summed E-state index contributed by atoms with van der Waals surface area (Å²) in [6.45, 7) is 8.89. The molecule has 2 N–H and O–H groups in total. The van der Waals surface area contributed by atoms with Crippen LogP contribution in [0.1, 0.15) is 38.2 Å². The van der Waals surface area contributed by atoms with Gasteiger partial charge in [0.05, 0.1) is 5.69 Å². The lowest BCUT2D eigenvalue weighted by atomic mass is 10.1. The van der Waals surface area contributed by atoms with Crippen LogP contribution in [0.5, 0.6) is 0 Å². The van der Waals surface area contributed by atoms with Gasteiger partial charge in [-0.2, -0.15) is 5.10 Å². The molecule has 0 fully saturated rings. The van der Waals surface area contributed by atoms with Gasteiger partial charge in [-0.1, -0.05) is 13.8 Å². The molecule has 0 aliphatic rings. The highest BCUT2D eigenvalue weighted by Gasteiger charge is 2.23. The van der Waals surface area contributed by atoms with E-state index in [1.165, 1.54) is 0 Å². The third kappa shape index (κ3) is 3.22. The Kier molecular flexibility index (Phi) is 4.15. The van der Waals surface area contributed by atoms with Crippen molar-refractivity contribution in [1.82, 2.24) is 14.7 Å². The largest absolute Gasteiger partial charge is 0.396 e. The standard InChI is InChI=1S/C12H22N4O/c1-8(2)6-16(9(3)4)12(17)11-10(13)7-15(5)14-11/h7-9H,6,13H2,1-5H3. The van der Waals surface area contributed by atoms with Gasteiger partial charge in [-0.25, -0.2) is 0 Å². The molecule has 96 valence electrons. The highest BCUT2D eigenvalue weighted by atomic mass is 16.2. The van der Waals surface area contributed by atoms with Crippen molar-refractivity contribution in [2.45, 2.75) is 33.7 Å². The molecule has 0 spiro atoms. The number of nitrogens with zero attached hydrogens (tertiary/aromatic N) is 3. The summed E-state index contributed by atoms with van der Waals surface area (Å²) >= 11 is 0. The van der Waals surface area contributed by atoms with E-state index in [2.05, 4.69) is 18.9 Å². The zero-order chi connectivity index (χ0) is 13.2. The predicted molar refractivity (Wildman–Crippen MR) is 68.6 cm³/mol. The van der Waals surface area contributed by atoms with Gasteiger partial charge in [0.15, 0.2) is 5.69 Å². The van der Waals surface area contributed by atoms with Crippen LogP contribution in [0.3, 0.4) is 0 Å². The van der Waals surface area contributed by atoms with Crippen LogP contribution < -0.4 is 5.73 Å². The number of anilines is 1. The van der Waals surface area contributed by atoms with Crippen LogP contribution in [0.15, 0.2) is 6.20 Å². The molecule has 1 aromatic rings. The summed E-state index contributed by atoms with van der Waals surface area (Å²) in [5.41, 5.74) is 6.57. The summed E-state index contributed by atoms with van der Waals surface area (Å²) in [5, 5.41) is 4.12. The Morgan fingerprint density at radius 3 is 2.41 bits per heavy atom. The molecule has 0 unspecified atom stereocenters. The van der Waals surface area contributed by atoms with Crippen molar-refractivity contribution in [3.8, 4) is 0 Å². The second-order valence-corrected chi connectivity index (χ2v) is 5.05. The molecule has 0 aliphatic carbocycles. The van der Waals surface area contributed by atoms with Crippen LogP contribution in [-0.2, 0) is 7.05 Å². The van der Waals surface area contributed by atoms with Crippen molar-refractivity contribution in [3.63, 3.8) is 0 Å². The lowest BCUT2D eigenvalue weighted by Gasteiger charge is -2.27. The van der Waals surface area contributed by atoms with Gasteiger partial charge in [-0.3, -0.25) is 9.48 Å². The summed E-state index contributed by atoms with van der Waals surface area (Å²) in [5.74, 6) is 0.332. The first kappa shape index (κ1) is 13.5. The van der Waals surface area contributed by atoms with Crippen LogP contribution in [-0.4, -0.2) is 33.2 Å².